The molecule has 3 amide bonds. The second kappa shape index (κ2) is 10.4. The van der Waals surface area contributed by atoms with Crippen molar-refractivity contribution >= 4 is 28.9 Å². The first-order valence-electron chi connectivity index (χ1n) is 12.6. The predicted octanol–water partition coefficient (Wildman–Crippen LogP) is 2.47. The number of aryl methyl sites for hydroxylation is 1. The number of piperidine rings is 2. The van der Waals surface area contributed by atoms with Crippen LogP contribution < -0.4 is 11.0 Å². The Hall–Kier alpha value is -3.58. The number of ether oxygens (including phenoxy) is 2. The van der Waals surface area contributed by atoms with Crippen LogP contribution in [0, 0.1) is 11.8 Å². The maximum Gasteiger partial charge on any atom is 0.410 e. The summed E-state index contributed by atoms with van der Waals surface area (Å²) >= 11 is 0. The Kier molecular flexibility index (Phi) is 7.46. The average molecular weight is 511 g/mol. The second-order valence-electron chi connectivity index (χ2n) is 10.6. The van der Waals surface area contributed by atoms with Gasteiger partial charge in [0.15, 0.2) is 0 Å². The van der Waals surface area contributed by atoms with E-state index in [1.807, 2.05) is 33.8 Å². The molecular formula is C27H34N4O6. The maximum absolute atomic E-state index is 13.1. The van der Waals surface area contributed by atoms with Gasteiger partial charge in [0, 0.05) is 26.6 Å². The van der Waals surface area contributed by atoms with Gasteiger partial charge in [-0.1, -0.05) is 17.9 Å². The lowest BCUT2D eigenvalue weighted by atomic mass is 10.1. The Morgan fingerprint density at radius 1 is 1.14 bits per heavy atom. The Morgan fingerprint density at radius 2 is 1.84 bits per heavy atom. The molecule has 0 bridgehead atoms. The lowest BCUT2D eigenvalue weighted by Crippen LogP contribution is -2.44. The van der Waals surface area contributed by atoms with Gasteiger partial charge < -0.3 is 14.4 Å². The van der Waals surface area contributed by atoms with Crippen molar-refractivity contribution in [1.82, 2.24) is 19.4 Å². The Balaban J connectivity index is 1.46. The number of fused-ring (bicyclic) bond motifs is 1. The van der Waals surface area contributed by atoms with E-state index in [-0.39, 0.29) is 42.7 Å². The number of nitrogens with zero attached hydrogens (tertiary/aromatic N) is 3. The molecule has 0 radical (unpaired) electrons. The molecule has 1 aromatic heterocycles. The van der Waals surface area contributed by atoms with Crippen LogP contribution in [0.4, 0.5) is 4.79 Å². The van der Waals surface area contributed by atoms with Crippen molar-refractivity contribution in [3.8, 4) is 11.8 Å². The summed E-state index contributed by atoms with van der Waals surface area (Å²) in [6, 6.07) is 4.66. The first-order chi connectivity index (χ1) is 17.4. The van der Waals surface area contributed by atoms with Crippen LogP contribution in [0.15, 0.2) is 23.0 Å². The van der Waals surface area contributed by atoms with Gasteiger partial charge in [-0.3, -0.25) is 24.0 Å². The van der Waals surface area contributed by atoms with Crippen LogP contribution in [0.1, 0.15) is 65.0 Å². The van der Waals surface area contributed by atoms with E-state index in [0.717, 1.165) is 0 Å². The van der Waals surface area contributed by atoms with Crippen LogP contribution in [0.5, 0.6) is 0 Å². The number of carbonyl (C=O) groups is 3. The Morgan fingerprint density at radius 3 is 2.49 bits per heavy atom. The standard InChI is InChI=1S/C27H34N4O6/c1-17(36-19-13-15-30(16-14-19)26(35)37-27(2,3)4)9-10-18-7-6-8-20-23(18)29(5)25(34)31(20)21-11-12-22(32)28-24(21)33/h6-8,17,19,21H,11-16H2,1-5H3,(H,28,32,33)/t17-,21?/m1/s1. The molecule has 2 fully saturated rings. The fraction of sp³-hybridized carbons (Fsp3) is 0.556. The number of carbonyl (C=O) groups excluding carboxylic acids is 3. The molecule has 1 N–H and O–H groups in total. The van der Waals surface area contributed by atoms with Crippen LogP contribution in [0.2, 0.25) is 0 Å². The third kappa shape index (κ3) is 5.88. The van der Waals surface area contributed by atoms with E-state index in [9.17, 15) is 19.2 Å². The maximum atomic E-state index is 13.1. The molecule has 2 saturated heterocycles. The lowest BCUT2D eigenvalue weighted by Gasteiger charge is -2.33. The summed E-state index contributed by atoms with van der Waals surface area (Å²) in [4.78, 5) is 51.1. The van der Waals surface area contributed by atoms with Crippen molar-refractivity contribution in [2.45, 2.75) is 77.2 Å². The molecule has 4 rings (SSSR count). The minimum Gasteiger partial charge on any atom is -0.444 e. The third-order valence-corrected chi connectivity index (χ3v) is 6.52. The summed E-state index contributed by atoms with van der Waals surface area (Å²) in [5.74, 6) is 5.47. The summed E-state index contributed by atoms with van der Waals surface area (Å²) in [7, 11) is 1.65. The van der Waals surface area contributed by atoms with Crippen molar-refractivity contribution in [2.75, 3.05) is 13.1 Å². The Labute approximate surface area is 215 Å². The van der Waals surface area contributed by atoms with Gasteiger partial charge in [-0.15, -0.1) is 0 Å². The molecule has 2 aliphatic rings. The molecule has 0 spiro atoms. The minimum absolute atomic E-state index is 0.0169. The van der Waals surface area contributed by atoms with Crippen LogP contribution in [0.3, 0.4) is 0 Å². The highest BCUT2D eigenvalue weighted by molar-refractivity contribution is 6.00. The van der Waals surface area contributed by atoms with E-state index in [1.165, 1.54) is 9.13 Å². The molecule has 1 aromatic carbocycles. The van der Waals surface area contributed by atoms with Gasteiger partial charge in [-0.2, -0.15) is 0 Å². The number of benzene rings is 1. The third-order valence-electron chi connectivity index (χ3n) is 6.52. The number of amides is 3. The molecule has 2 aliphatic heterocycles. The van der Waals surface area contributed by atoms with Crippen molar-refractivity contribution in [3.63, 3.8) is 0 Å². The van der Waals surface area contributed by atoms with Crippen molar-refractivity contribution in [2.24, 2.45) is 7.05 Å². The quantitative estimate of drug-likeness (QED) is 0.502. The monoisotopic (exact) mass is 510 g/mol. The van der Waals surface area contributed by atoms with Crippen molar-refractivity contribution < 1.29 is 23.9 Å². The molecule has 3 heterocycles. The zero-order valence-corrected chi connectivity index (χ0v) is 22.0. The van der Waals surface area contributed by atoms with Gasteiger partial charge in [0.1, 0.15) is 17.7 Å². The first kappa shape index (κ1) is 26.5. The van der Waals surface area contributed by atoms with E-state index < -0.39 is 17.6 Å². The predicted molar refractivity (Wildman–Crippen MR) is 137 cm³/mol. The zero-order chi connectivity index (χ0) is 26.9. The molecular weight excluding hydrogens is 476 g/mol. The van der Waals surface area contributed by atoms with Gasteiger partial charge >= 0.3 is 11.8 Å². The van der Waals surface area contributed by atoms with E-state index >= 15 is 0 Å². The summed E-state index contributed by atoms with van der Waals surface area (Å²) in [6.45, 7) is 8.56. The minimum atomic E-state index is -0.745. The number of imide groups is 1. The summed E-state index contributed by atoms with van der Waals surface area (Å²) < 4.78 is 14.5. The normalized spacial score (nSPS) is 19.8. The van der Waals surface area contributed by atoms with E-state index in [1.54, 1.807) is 24.1 Å². The zero-order valence-electron chi connectivity index (χ0n) is 22.0. The molecule has 198 valence electrons. The van der Waals surface area contributed by atoms with E-state index in [0.29, 0.717) is 42.5 Å². The number of aromatic nitrogens is 2. The summed E-state index contributed by atoms with van der Waals surface area (Å²) in [5, 5.41) is 2.32. The number of hydrogen-bond donors (Lipinski definition) is 1. The van der Waals surface area contributed by atoms with E-state index in [4.69, 9.17) is 9.47 Å². The SMILES string of the molecule is C[C@H](C#Cc1cccc2c1n(C)c(=O)n2C1CCC(=O)NC1=O)OC1CCN(C(=O)OC(C)(C)C)CC1. The highest BCUT2D eigenvalue weighted by atomic mass is 16.6. The van der Waals surface area contributed by atoms with Crippen LogP contribution in [0.25, 0.3) is 11.0 Å². The van der Waals surface area contributed by atoms with Crippen LogP contribution in [-0.4, -0.2) is 62.8 Å². The fourth-order valence-corrected chi connectivity index (χ4v) is 4.77. The molecule has 10 nitrogen and oxygen atoms in total. The van der Waals surface area contributed by atoms with Gasteiger partial charge in [0.05, 0.1) is 22.7 Å². The molecule has 1 unspecified atom stereocenters. The summed E-state index contributed by atoms with van der Waals surface area (Å²) in [5.41, 5.74) is 1.02. The number of para-hydroxylation sites is 1. The highest BCUT2D eigenvalue weighted by Gasteiger charge is 2.32. The van der Waals surface area contributed by atoms with Gasteiger partial charge in [-0.05, 0) is 59.1 Å². The molecule has 10 heteroatoms. The second-order valence-corrected chi connectivity index (χ2v) is 10.6. The Bertz CT molecular complexity index is 1330. The first-order valence-corrected chi connectivity index (χ1v) is 12.6. The number of likely N-dealkylation sites (tertiary alicyclic amines) is 1. The average Bonchev–Trinajstić information content (AvgIpc) is 3.08. The molecule has 2 atom stereocenters. The molecule has 0 saturated carbocycles. The smallest absolute Gasteiger partial charge is 0.410 e. The lowest BCUT2D eigenvalue weighted by molar-refractivity contribution is -0.135. The number of imidazole rings is 1. The number of hydrogen-bond acceptors (Lipinski definition) is 6. The largest absolute Gasteiger partial charge is 0.444 e. The fourth-order valence-electron chi connectivity index (χ4n) is 4.77. The molecule has 37 heavy (non-hydrogen) atoms. The number of rotatable bonds is 3. The van der Waals surface area contributed by atoms with Gasteiger partial charge in [0.2, 0.25) is 11.8 Å². The van der Waals surface area contributed by atoms with Crippen LogP contribution >= 0.6 is 0 Å². The van der Waals surface area contributed by atoms with Crippen LogP contribution in [-0.2, 0) is 26.1 Å². The van der Waals surface area contributed by atoms with Gasteiger partial charge in [-0.25, -0.2) is 9.59 Å². The topological polar surface area (TPSA) is 112 Å². The van der Waals surface area contributed by atoms with E-state index in [2.05, 4.69) is 17.2 Å². The molecule has 0 aliphatic carbocycles. The van der Waals surface area contributed by atoms with Crippen molar-refractivity contribution in [1.29, 1.82) is 0 Å². The highest BCUT2D eigenvalue weighted by Crippen LogP contribution is 2.25. The number of nitrogens with one attached hydrogen (secondary N) is 1. The summed E-state index contributed by atoms with van der Waals surface area (Å²) in [6.07, 6.45) is 1.18. The van der Waals surface area contributed by atoms with Gasteiger partial charge in [0.25, 0.3) is 0 Å². The van der Waals surface area contributed by atoms with Crippen molar-refractivity contribution in [3.05, 3.63) is 34.2 Å². The molecule has 2 aromatic rings.